The number of carbonyl (C=O) groups is 2. The van der Waals surface area contributed by atoms with Crippen LogP contribution in [0.25, 0.3) is 22.0 Å². The van der Waals surface area contributed by atoms with E-state index >= 15 is 0 Å². The summed E-state index contributed by atoms with van der Waals surface area (Å²) in [6.07, 6.45) is 1.57. The summed E-state index contributed by atoms with van der Waals surface area (Å²) in [6, 6.07) is 21.8. The fourth-order valence-electron chi connectivity index (χ4n) is 4.73. The number of hydrogen-bond donors (Lipinski definition) is 3. The van der Waals surface area contributed by atoms with Crippen molar-refractivity contribution in [3.63, 3.8) is 0 Å². The molecule has 0 aliphatic rings. The smallest absolute Gasteiger partial charge is 0.407 e. The average molecular weight is 568 g/mol. The second-order valence-electron chi connectivity index (χ2n) is 11.3. The summed E-state index contributed by atoms with van der Waals surface area (Å²) in [4.78, 5) is 31.0. The monoisotopic (exact) mass is 567 g/mol. The first-order valence-electron chi connectivity index (χ1n) is 13.7. The van der Waals surface area contributed by atoms with E-state index in [1.807, 2.05) is 79.8 Å². The van der Waals surface area contributed by atoms with E-state index in [1.54, 1.807) is 32.9 Å². The molecule has 2 atom stereocenters. The molecule has 0 aliphatic carbocycles. The largest absolute Gasteiger partial charge is 0.465 e. The summed E-state index contributed by atoms with van der Waals surface area (Å²) < 4.78 is 10.6. The molecule has 0 bridgehead atoms. The number of esters is 1. The van der Waals surface area contributed by atoms with Gasteiger partial charge in [0.15, 0.2) is 0 Å². The lowest BCUT2D eigenvalue weighted by molar-refractivity contribution is 0.0501. The van der Waals surface area contributed by atoms with Gasteiger partial charge < -0.3 is 30.0 Å². The van der Waals surface area contributed by atoms with Gasteiger partial charge in [-0.25, -0.2) is 9.59 Å². The Morgan fingerprint density at radius 2 is 1.76 bits per heavy atom. The van der Waals surface area contributed by atoms with Gasteiger partial charge in [0.25, 0.3) is 0 Å². The number of carbonyl (C=O) groups excluding carboxylic acids is 2. The molecule has 218 valence electrons. The molecule has 1 unspecified atom stereocenters. The number of nitrogens with zero attached hydrogens (tertiary/aromatic N) is 2. The van der Waals surface area contributed by atoms with Crippen LogP contribution in [-0.2, 0) is 15.9 Å². The van der Waals surface area contributed by atoms with E-state index in [0.717, 1.165) is 33.3 Å². The Morgan fingerprint density at radius 1 is 1.02 bits per heavy atom. The van der Waals surface area contributed by atoms with Crippen LogP contribution in [0.5, 0.6) is 0 Å². The Hall–Kier alpha value is -4.97. The summed E-state index contributed by atoms with van der Waals surface area (Å²) in [5.74, 6) is -0.548. The zero-order chi connectivity index (χ0) is 30.4. The molecule has 0 saturated carbocycles. The minimum absolute atomic E-state index is 0.272. The molecule has 0 aliphatic heterocycles. The molecule has 1 heterocycles. The van der Waals surface area contributed by atoms with Crippen molar-refractivity contribution in [1.82, 2.24) is 10.3 Å². The molecular formula is C33H37N5O4. The Kier molecular flexibility index (Phi) is 9.06. The van der Waals surface area contributed by atoms with Gasteiger partial charge >= 0.3 is 12.1 Å². The van der Waals surface area contributed by atoms with Gasteiger partial charge in [0.1, 0.15) is 11.6 Å². The van der Waals surface area contributed by atoms with Gasteiger partial charge in [-0.15, -0.1) is 0 Å². The number of anilines is 2. The van der Waals surface area contributed by atoms with Gasteiger partial charge in [-0.05, 0) is 74.2 Å². The first-order chi connectivity index (χ1) is 20.0. The highest BCUT2D eigenvalue weighted by Crippen LogP contribution is 2.29. The number of fused-ring (bicyclic) bond motifs is 1. The van der Waals surface area contributed by atoms with Crippen LogP contribution in [0.15, 0.2) is 72.9 Å². The molecule has 1 amide bonds. The van der Waals surface area contributed by atoms with E-state index in [-0.39, 0.29) is 5.56 Å². The van der Waals surface area contributed by atoms with Gasteiger partial charge in [0, 0.05) is 42.6 Å². The third kappa shape index (κ3) is 7.21. The van der Waals surface area contributed by atoms with Crippen molar-refractivity contribution < 1.29 is 19.1 Å². The number of nitrogens with one attached hydrogen (secondary N) is 3. The molecule has 3 aromatic carbocycles. The predicted octanol–water partition coefficient (Wildman–Crippen LogP) is 6.13. The van der Waals surface area contributed by atoms with Crippen LogP contribution in [-0.4, -0.2) is 55.9 Å². The Morgan fingerprint density at radius 3 is 2.45 bits per heavy atom. The van der Waals surface area contributed by atoms with Crippen molar-refractivity contribution in [1.29, 1.82) is 5.26 Å². The molecule has 9 nitrogen and oxygen atoms in total. The number of methoxy groups -OCH3 is 1. The van der Waals surface area contributed by atoms with Crippen LogP contribution < -0.4 is 15.5 Å². The summed E-state index contributed by atoms with van der Waals surface area (Å²) in [5.41, 5.74) is 4.61. The molecular weight excluding hydrogens is 530 g/mol. The zero-order valence-electron chi connectivity index (χ0n) is 24.8. The summed E-state index contributed by atoms with van der Waals surface area (Å²) in [6.45, 7) is 5.33. The quantitative estimate of drug-likeness (QED) is 0.208. The number of rotatable bonds is 9. The minimum atomic E-state index is -0.919. The van der Waals surface area contributed by atoms with Gasteiger partial charge in [-0.3, -0.25) is 0 Å². The van der Waals surface area contributed by atoms with E-state index in [4.69, 9.17) is 9.47 Å². The van der Waals surface area contributed by atoms with E-state index in [1.165, 1.54) is 7.11 Å². The number of alkyl carbamates (subject to hydrolysis) is 1. The van der Waals surface area contributed by atoms with Gasteiger partial charge in [0.2, 0.25) is 0 Å². The van der Waals surface area contributed by atoms with Crippen molar-refractivity contribution in [2.75, 3.05) is 31.4 Å². The number of ether oxygens (including phenoxy) is 2. The number of aromatic nitrogens is 1. The lowest BCUT2D eigenvalue weighted by Gasteiger charge is -2.27. The first kappa shape index (κ1) is 30.0. The Balaban J connectivity index is 1.69. The van der Waals surface area contributed by atoms with Crippen molar-refractivity contribution in [2.24, 2.45) is 0 Å². The number of amides is 1. The Bertz CT molecular complexity index is 1610. The fraction of sp³-hybridized carbons (Fsp3) is 0.303. The van der Waals surface area contributed by atoms with Crippen LogP contribution >= 0.6 is 0 Å². The van der Waals surface area contributed by atoms with E-state index < -0.39 is 29.7 Å². The molecule has 4 aromatic rings. The third-order valence-corrected chi connectivity index (χ3v) is 6.79. The van der Waals surface area contributed by atoms with Crippen LogP contribution in [0.4, 0.5) is 16.2 Å². The number of hydrogen-bond acceptors (Lipinski definition) is 7. The molecule has 9 heteroatoms. The normalized spacial score (nSPS) is 12.6. The SMILES string of the molecule is COC(=O)c1cc(-c2cccc(N(C)C)c2)ccc1NC(C#N)[C@H](Cc1c[nH]c2ccccc12)NC(=O)OC(C)(C)C. The van der Waals surface area contributed by atoms with Gasteiger partial charge in [0.05, 0.1) is 24.8 Å². The Labute approximate surface area is 246 Å². The van der Waals surface area contributed by atoms with Crippen molar-refractivity contribution >= 4 is 34.3 Å². The van der Waals surface area contributed by atoms with Crippen molar-refractivity contribution in [3.05, 3.63) is 84.1 Å². The van der Waals surface area contributed by atoms with Crippen molar-refractivity contribution in [3.8, 4) is 17.2 Å². The zero-order valence-corrected chi connectivity index (χ0v) is 24.8. The summed E-state index contributed by atoms with van der Waals surface area (Å²) >= 11 is 0. The molecule has 0 fully saturated rings. The van der Waals surface area contributed by atoms with Crippen LogP contribution in [0.2, 0.25) is 0 Å². The van der Waals surface area contributed by atoms with E-state index in [9.17, 15) is 14.9 Å². The van der Waals surface area contributed by atoms with Crippen LogP contribution in [0.1, 0.15) is 36.7 Å². The van der Waals surface area contributed by atoms with Gasteiger partial charge in [-0.1, -0.05) is 36.4 Å². The highest BCUT2D eigenvalue weighted by atomic mass is 16.6. The second-order valence-corrected chi connectivity index (χ2v) is 11.3. The maximum absolute atomic E-state index is 12.9. The molecule has 1 aromatic heterocycles. The number of benzene rings is 3. The van der Waals surface area contributed by atoms with Crippen molar-refractivity contribution in [2.45, 2.75) is 44.9 Å². The maximum Gasteiger partial charge on any atom is 0.407 e. The lowest BCUT2D eigenvalue weighted by atomic mass is 9.97. The fourth-order valence-corrected chi connectivity index (χ4v) is 4.73. The summed E-state index contributed by atoms with van der Waals surface area (Å²) in [7, 11) is 5.25. The molecule has 4 rings (SSSR count). The molecule has 3 N–H and O–H groups in total. The molecule has 42 heavy (non-hydrogen) atoms. The molecule has 0 radical (unpaired) electrons. The molecule has 0 spiro atoms. The first-order valence-corrected chi connectivity index (χ1v) is 13.7. The van der Waals surface area contributed by atoms with E-state index in [2.05, 4.69) is 21.7 Å². The average Bonchev–Trinajstić information content (AvgIpc) is 3.37. The standard InChI is InChI=1S/C33H37N5O4/c1-33(2,3)42-32(40)37-29(18-23-20-35-27-13-8-7-12-25(23)27)30(19-34)36-28-15-14-22(17-26(28)31(39)41-6)21-10-9-11-24(16-21)38(4)5/h7-17,20,29-30,35-36H,18H2,1-6H3,(H,37,40)/t29-,30?/m0/s1. The summed E-state index contributed by atoms with van der Waals surface area (Å²) in [5, 5.41) is 17.4. The van der Waals surface area contributed by atoms with E-state index in [0.29, 0.717) is 12.1 Å². The van der Waals surface area contributed by atoms with Crippen LogP contribution in [0, 0.1) is 11.3 Å². The number of nitriles is 1. The predicted molar refractivity (Wildman–Crippen MR) is 166 cm³/mol. The topological polar surface area (TPSA) is 119 Å². The second kappa shape index (κ2) is 12.7. The number of para-hydroxylation sites is 1. The van der Waals surface area contributed by atoms with Crippen LogP contribution in [0.3, 0.4) is 0 Å². The third-order valence-electron chi connectivity index (χ3n) is 6.79. The lowest BCUT2D eigenvalue weighted by Crippen LogP contribution is -2.49. The number of H-pyrrole nitrogens is 1. The highest BCUT2D eigenvalue weighted by Gasteiger charge is 2.28. The minimum Gasteiger partial charge on any atom is -0.465 e. The number of aromatic amines is 1. The van der Waals surface area contributed by atoms with Gasteiger partial charge in [-0.2, -0.15) is 5.26 Å². The maximum atomic E-state index is 12.9. The highest BCUT2D eigenvalue weighted by molar-refractivity contribution is 5.97. The molecule has 0 saturated heterocycles.